The Morgan fingerprint density at radius 3 is 1.12 bits per heavy atom. The largest absolute Gasteiger partial charge is 0.311 e. The van der Waals surface area contributed by atoms with E-state index in [0.717, 1.165) is 0 Å². The molecule has 0 spiro atoms. The Bertz CT molecular complexity index is 3450. The summed E-state index contributed by atoms with van der Waals surface area (Å²) in [5.41, 5.74) is 23.1. The molecule has 0 aliphatic carbocycles. The summed E-state index contributed by atoms with van der Waals surface area (Å²) in [4.78, 5) is 4.94. The van der Waals surface area contributed by atoms with Crippen molar-refractivity contribution in [2.75, 3.05) is 9.80 Å². The first-order valence-corrected chi connectivity index (χ1v) is 21.0. The first-order chi connectivity index (χ1) is 29.8. The average Bonchev–Trinajstić information content (AvgIpc) is 3.82. The Balaban J connectivity index is 1.05. The van der Waals surface area contributed by atoms with E-state index in [1.807, 2.05) is 0 Å². The number of hydrogen-bond acceptors (Lipinski definition) is 2. The molecule has 0 amide bonds. The van der Waals surface area contributed by atoms with Crippen LogP contribution in [0.15, 0.2) is 194 Å². The van der Waals surface area contributed by atoms with E-state index in [-0.39, 0.29) is 13.4 Å². The third-order valence-corrected chi connectivity index (χ3v) is 14.0. The lowest BCUT2D eigenvalue weighted by Crippen LogP contribution is -2.60. The van der Waals surface area contributed by atoms with Crippen molar-refractivity contribution in [2.24, 2.45) is 0 Å². The van der Waals surface area contributed by atoms with Gasteiger partial charge < -0.3 is 18.9 Å². The average molecular weight is 759 g/mol. The van der Waals surface area contributed by atoms with Gasteiger partial charge >= 0.3 is 0 Å². The van der Waals surface area contributed by atoms with Gasteiger partial charge in [0.1, 0.15) is 0 Å². The zero-order valence-electron chi connectivity index (χ0n) is 32.4. The molecule has 6 heteroatoms. The second-order valence-electron chi connectivity index (χ2n) is 16.8. The molecule has 11 aromatic rings. The van der Waals surface area contributed by atoms with E-state index in [9.17, 15) is 0 Å². The molecule has 0 bridgehead atoms. The zero-order chi connectivity index (χ0) is 38.8. The maximum absolute atomic E-state index is 2.59. The zero-order valence-corrected chi connectivity index (χ0v) is 32.4. The summed E-state index contributed by atoms with van der Waals surface area (Å²) in [5, 5.41) is 5.17. The van der Waals surface area contributed by atoms with Crippen molar-refractivity contribution in [1.29, 1.82) is 0 Å². The number of benzene rings is 9. The van der Waals surface area contributed by atoms with Crippen LogP contribution in [0, 0.1) is 0 Å². The molecule has 60 heavy (non-hydrogen) atoms. The van der Waals surface area contributed by atoms with Crippen LogP contribution in [0.4, 0.5) is 34.1 Å². The molecule has 0 radical (unpaired) electrons. The summed E-state index contributed by atoms with van der Waals surface area (Å²) in [6.45, 7) is 0.238. The number of anilines is 6. The molecule has 0 N–H and O–H groups in total. The minimum Gasteiger partial charge on any atom is -0.311 e. The monoisotopic (exact) mass is 758 g/mol. The van der Waals surface area contributed by atoms with E-state index in [1.165, 1.54) is 122 Å². The maximum Gasteiger partial charge on any atom is 0.252 e. The minimum absolute atomic E-state index is 0.119. The van der Waals surface area contributed by atoms with E-state index in [4.69, 9.17) is 0 Å². The molecule has 0 unspecified atom stereocenters. The molecule has 0 saturated carbocycles. The van der Waals surface area contributed by atoms with E-state index < -0.39 is 0 Å². The number of hydrogen-bond donors (Lipinski definition) is 0. The van der Waals surface area contributed by atoms with Gasteiger partial charge in [-0.15, -0.1) is 0 Å². The van der Waals surface area contributed by atoms with Gasteiger partial charge in [0.2, 0.25) is 0 Å². The van der Waals surface area contributed by atoms with Crippen LogP contribution in [0.1, 0.15) is 0 Å². The van der Waals surface area contributed by atoms with Crippen LogP contribution in [0.2, 0.25) is 0 Å². The van der Waals surface area contributed by atoms with Crippen LogP contribution in [-0.4, -0.2) is 22.6 Å². The smallest absolute Gasteiger partial charge is 0.252 e. The van der Waals surface area contributed by atoms with Crippen LogP contribution in [0.25, 0.3) is 55.0 Å². The predicted molar refractivity (Wildman–Crippen MR) is 254 cm³/mol. The lowest BCUT2D eigenvalue weighted by molar-refractivity contribution is 1.17. The number of para-hydroxylation sites is 6. The molecule has 6 heterocycles. The third-order valence-electron chi connectivity index (χ3n) is 14.0. The molecule has 4 nitrogen and oxygen atoms in total. The molecule has 4 aliphatic heterocycles. The van der Waals surface area contributed by atoms with Gasteiger partial charge in [0.05, 0.1) is 11.0 Å². The topological polar surface area (TPSA) is 16.3 Å². The summed E-state index contributed by atoms with van der Waals surface area (Å²) in [5.74, 6) is 0. The fraction of sp³-hybridized carbons (Fsp3) is 0. The SMILES string of the molecule is c1ccc(N2c3ccccc3B3c4c2cccc4-n2c4cc5c6cccc7c6n(c5cc4c4cccc3c42)-c2cccc3c2B7c2ccccc2N3c2ccccc2)cc1. The first-order valence-electron chi connectivity index (χ1n) is 21.0. The number of rotatable bonds is 2. The molecular formula is C54H32B2N4. The molecule has 0 fully saturated rings. The predicted octanol–water partition coefficient (Wildman–Crippen LogP) is 9.11. The maximum atomic E-state index is 2.59. The molecular weight excluding hydrogens is 726 g/mol. The van der Waals surface area contributed by atoms with Gasteiger partial charge in [0.25, 0.3) is 13.4 Å². The molecule has 15 rings (SSSR count). The van der Waals surface area contributed by atoms with Crippen LogP contribution in [0.3, 0.4) is 0 Å². The highest BCUT2D eigenvalue weighted by Gasteiger charge is 2.44. The van der Waals surface area contributed by atoms with Gasteiger partial charge in [-0.25, -0.2) is 0 Å². The van der Waals surface area contributed by atoms with Gasteiger partial charge in [-0.3, -0.25) is 0 Å². The van der Waals surface area contributed by atoms with Crippen LogP contribution >= 0.6 is 0 Å². The highest BCUT2D eigenvalue weighted by atomic mass is 15.2. The lowest BCUT2D eigenvalue weighted by Gasteiger charge is -2.40. The van der Waals surface area contributed by atoms with Crippen LogP contribution in [0.5, 0.6) is 0 Å². The normalized spacial score (nSPS) is 13.9. The Kier molecular flexibility index (Phi) is 5.78. The Morgan fingerprint density at radius 2 is 0.650 bits per heavy atom. The molecule has 0 atom stereocenters. The second kappa shape index (κ2) is 11.1. The van der Waals surface area contributed by atoms with E-state index in [0.29, 0.717) is 0 Å². The number of fused-ring (bicyclic) bond motifs is 14. The Hall–Kier alpha value is -7.69. The van der Waals surface area contributed by atoms with Gasteiger partial charge in [0, 0.05) is 78.1 Å². The van der Waals surface area contributed by atoms with Crippen LogP contribution < -0.4 is 42.6 Å². The third kappa shape index (κ3) is 3.68. The first kappa shape index (κ1) is 31.3. The highest BCUT2D eigenvalue weighted by molar-refractivity contribution is 7.01. The van der Waals surface area contributed by atoms with Gasteiger partial charge in [-0.05, 0) is 106 Å². The van der Waals surface area contributed by atoms with Crippen molar-refractivity contribution in [3.05, 3.63) is 194 Å². The molecule has 0 saturated heterocycles. The number of aromatic nitrogens is 2. The van der Waals surface area contributed by atoms with E-state index in [2.05, 4.69) is 213 Å². The quantitative estimate of drug-likeness (QED) is 0.164. The van der Waals surface area contributed by atoms with Crippen molar-refractivity contribution in [3.63, 3.8) is 0 Å². The fourth-order valence-corrected chi connectivity index (χ4v) is 11.9. The van der Waals surface area contributed by atoms with Gasteiger partial charge in [-0.1, -0.05) is 121 Å². The van der Waals surface area contributed by atoms with E-state index in [1.54, 1.807) is 0 Å². The number of nitrogens with zero attached hydrogens (tertiary/aromatic N) is 4. The molecule has 9 aromatic carbocycles. The standard InChI is InChI=1S/C54H32B2N4/c1-3-15-33(16-4-1)57-43-25-9-7-21-39(43)55-41-23-11-19-35-37-32-50-38(31-49(37)59(53(35)41)47-29-13-27-45(57)51(47)55)36-20-12-24-42-54(36)60(50)48-30-14-28-46-52(48)56(42)40-22-8-10-26-44(40)58(46)34-17-5-2-6-18-34/h1-32H. The molecule has 2 aromatic heterocycles. The Labute approximate surface area is 346 Å². The van der Waals surface area contributed by atoms with Gasteiger partial charge in [0.15, 0.2) is 0 Å². The fourth-order valence-electron chi connectivity index (χ4n) is 11.9. The van der Waals surface area contributed by atoms with Crippen molar-refractivity contribution in [3.8, 4) is 11.4 Å². The lowest BCUT2D eigenvalue weighted by atomic mass is 9.34. The van der Waals surface area contributed by atoms with Crippen molar-refractivity contribution in [1.82, 2.24) is 9.13 Å². The summed E-state index contributed by atoms with van der Waals surface area (Å²) in [6, 6.07) is 72.7. The summed E-state index contributed by atoms with van der Waals surface area (Å²) < 4.78 is 5.19. The summed E-state index contributed by atoms with van der Waals surface area (Å²) >= 11 is 0. The van der Waals surface area contributed by atoms with Gasteiger partial charge in [-0.2, -0.15) is 0 Å². The summed E-state index contributed by atoms with van der Waals surface area (Å²) in [7, 11) is 0. The van der Waals surface area contributed by atoms with Crippen molar-refractivity contribution in [2.45, 2.75) is 0 Å². The Morgan fingerprint density at radius 1 is 0.283 bits per heavy atom. The summed E-state index contributed by atoms with van der Waals surface area (Å²) in [6.07, 6.45) is 0. The minimum atomic E-state index is 0.119. The molecule has 274 valence electrons. The highest BCUT2D eigenvalue weighted by Crippen LogP contribution is 2.45. The van der Waals surface area contributed by atoms with E-state index >= 15 is 0 Å². The van der Waals surface area contributed by atoms with Crippen molar-refractivity contribution < 1.29 is 0 Å². The molecule has 4 aliphatic rings. The van der Waals surface area contributed by atoms with Crippen molar-refractivity contribution >= 4 is 124 Å². The van der Waals surface area contributed by atoms with Crippen LogP contribution in [-0.2, 0) is 0 Å². The second-order valence-corrected chi connectivity index (χ2v) is 16.8.